The fourth-order valence-electron chi connectivity index (χ4n) is 2.13. The Morgan fingerprint density at radius 1 is 1.33 bits per heavy atom. The maximum Gasteiger partial charge on any atom is 0.408 e. The van der Waals surface area contributed by atoms with E-state index < -0.39 is 17.7 Å². The molecule has 5 heteroatoms. The lowest BCUT2D eigenvalue weighted by Crippen LogP contribution is -2.38. The molecule has 1 rings (SSSR count). The highest BCUT2D eigenvalue weighted by Crippen LogP contribution is 2.30. The number of hydrogen-bond acceptors (Lipinski definition) is 4. The average molecular weight is 297 g/mol. The molecular formula is C16H27NO4. The summed E-state index contributed by atoms with van der Waals surface area (Å²) in [6, 6.07) is -0.209. The minimum Gasteiger partial charge on any atom is -0.466 e. The Kier molecular flexibility index (Phi) is 6.72. The maximum absolute atomic E-state index is 11.8. The smallest absolute Gasteiger partial charge is 0.408 e. The fourth-order valence-corrected chi connectivity index (χ4v) is 2.13. The molecule has 1 fully saturated rings. The summed E-state index contributed by atoms with van der Waals surface area (Å²) < 4.78 is 9.82. The third kappa shape index (κ3) is 7.73. The maximum atomic E-state index is 11.8. The van der Waals surface area contributed by atoms with E-state index in [4.69, 9.17) is 4.74 Å². The summed E-state index contributed by atoms with van der Waals surface area (Å²) in [6.45, 7) is 5.46. The van der Waals surface area contributed by atoms with E-state index in [2.05, 4.69) is 10.1 Å². The van der Waals surface area contributed by atoms with Crippen LogP contribution >= 0.6 is 0 Å². The van der Waals surface area contributed by atoms with Crippen LogP contribution in [-0.2, 0) is 14.3 Å². The van der Waals surface area contributed by atoms with Gasteiger partial charge in [0.15, 0.2) is 0 Å². The lowest BCUT2D eigenvalue weighted by molar-refractivity contribution is -0.134. The van der Waals surface area contributed by atoms with Crippen LogP contribution in [0.15, 0.2) is 12.2 Å². The third-order valence-electron chi connectivity index (χ3n) is 3.48. The van der Waals surface area contributed by atoms with E-state index in [-0.39, 0.29) is 6.04 Å². The predicted molar refractivity (Wildman–Crippen MR) is 80.9 cm³/mol. The summed E-state index contributed by atoms with van der Waals surface area (Å²) in [5, 5.41) is 2.80. The van der Waals surface area contributed by atoms with E-state index in [1.165, 1.54) is 32.4 Å². The van der Waals surface area contributed by atoms with Crippen LogP contribution in [0.4, 0.5) is 4.79 Å². The molecule has 0 spiro atoms. The van der Waals surface area contributed by atoms with Crippen molar-refractivity contribution < 1.29 is 19.1 Å². The number of carbonyl (C=O) groups is 2. The van der Waals surface area contributed by atoms with Gasteiger partial charge in [-0.2, -0.15) is 0 Å². The van der Waals surface area contributed by atoms with Gasteiger partial charge in [-0.1, -0.05) is 25.3 Å². The molecule has 0 radical (unpaired) electrons. The zero-order valence-electron chi connectivity index (χ0n) is 13.5. The van der Waals surface area contributed by atoms with Crippen molar-refractivity contribution in [1.29, 1.82) is 0 Å². The lowest BCUT2D eigenvalue weighted by Gasteiger charge is -2.27. The number of amides is 1. The molecule has 1 aliphatic rings. The Balaban J connectivity index is 2.50. The standard InChI is InChI=1S/C16H27NO4/c1-16(2,3)21-15(19)17-13(10-11-14(18)20-4)9-8-12-6-5-7-12/h10-13H,5-9H2,1-4H3,(H,17,19). The highest BCUT2D eigenvalue weighted by molar-refractivity contribution is 5.82. The second kappa shape index (κ2) is 8.05. The first-order valence-electron chi connectivity index (χ1n) is 7.56. The average Bonchev–Trinajstić information content (AvgIpc) is 2.30. The largest absolute Gasteiger partial charge is 0.466 e. The van der Waals surface area contributed by atoms with Crippen molar-refractivity contribution in [1.82, 2.24) is 5.32 Å². The highest BCUT2D eigenvalue weighted by atomic mass is 16.6. The second-order valence-electron chi connectivity index (χ2n) is 6.51. The van der Waals surface area contributed by atoms with Crippen LogP contribution in [0.3, 0.4) is 0 Å². The topological polar surface area (TPSA) is 64.6 Å². The van der Waals surface area contributed by atoms with Crippen LogP contribution < -0.4 is 5.32 Å². The molecule has 0 aliphatic heterocycles. The Morgan fingerprint density at radius 3 is 2.48 bits per heavy atom. The number of ether oxygens (including phenoxy) is 2. The molecule has 0 saturated heterocycles. The minimum absolute atomic E-state index is 0.209. The molecule has 0 aromatic heterocycles. The molecule has 0 bridgehead atoms. The van der Waals surface area contributed by atoms with Gasteiger partial charge >= 0.3 is 12.1 Å². The van der Waals surface area contributed by atoms with Crippen LogP contribution in [0.2, 0.25) is 0 Å². The Bertz CT molecular complexity index is 380. The summed E-state index contributed by atoms with van der Waals surface area (Å²) in [5.41, 5.74) is -0.533. The molecular weight excluding hydrogens is 270 g/mol. The summed E-state index contributed by atoms with van der Waals surface area (Å²) >= 11 is 0. The molecule has 1 aliphatic carbocycles. The van der Waals surface area contributed by atoms with Gasteiger partial charge in [0.05, 0.1) is 13.2 Å². The SMILES string of the molecule is COC(=O)C=CC(CCC1CCC1)NC(=O)OC(C)(C)C. The molecule has 1 unspecified atom stereocenters. The van der Waals surface area contributed by atoms with Gasteiger partial charge in [0.1, 0.15) is 5.60 Å². The number of alkyl carbamates (subject to hydrolysis) is 1. The number of nitrogens with one attached hydrogen (secondary N) is 1. The Labute approximate surface area is 127 Å². The molecule has 1 atom stereocenters. The van der Waals surface area contributed by atoms with Crippen molar-refractivity contribution in [3.63, 3.8) is 0 Å². The van der Waals surface area contributed by atoms with Crippen molar-refractivity contribution in [2.75, 3.05) is 7.11 Å². The summed E-state index contributed by atoms with van der Waals surface area (Å²) in [5.74, 6) is 0.328. The third-order valence-corrected chi connectivity index (χ3v) is 3.48. The number of hydrogen-bond donors (Lipinski definition) is 1. The van der Waals surface area contributed by atoms with Crippen molar-refractivity contribution in [3.8, 4) is 0 Å². The van der Waals surface area contributed by atoms with Crippen molar-refractivity contribution in [2.24, 2.45) is 5.92 Å². The molecule has 0 aromatic carbocycles. The lowest BCUT2D eigenvalue weighted by atomic mass is 9.81. The van der Waals surface area contributed by atoms with Gasteiger partial charge in [-0.3, -0.25) is 0 Å². The molecule has 1 saturated carbocycles. The molecule has 21 heavy (non-hydrogen) atoms. The van der Waals surface area contributed by atoms with Crippen LogP contribution in [0.1, 0.15) is 52.9 Å². The second-order valence-corrected chi connectivity index (χ2v) is 6.51. The number of esters is 1. The first-order valence-corrected chi connectivity index (χ1v) is 7.56. The number of carbonyl (C=O) groups excluding carboxylic acids is 2. The molecule has 120 valence electrons. The fraction of sp³-hybridized carbons (Fsp3) is 0.750. The predicted octanol–water partition coefficient (Wildman–Crippen LogP) is 3.19. The summed E-state index contributed by atoms with van der Waals surface area (Å²) in [4.78, 5) is 23.0. The highest BCUT2D eigenvalue weighted by Gasteiger charge is 2.21. The summed E-state index contributed by atoms with van der Waals surface area (Å²) in [6.07, 6.45) is 8.24. The van der Waals surface area contributed by atoms with E-state index >= 15 is 0 Å². The van der Waals surface area contributed by atoms with Gasteiger partial charge in [-0.25, -0.2) is 9.59 Å². The van der Waals surface area contributed by atoms with E-state index in [1.807, 2.05) is 20.8 Å². The van der Waals surface area contributed by atoms with Gasteiger partial charge in [0, 0.05) is 6.08 Å². The van der Waals surface area contributed by atoms with Gasteiger partial charge in [-0.15, -0.1) is 0 Å². The van der Waals surface area contributed by atoms with Crippen molar-refractivity contribution >= 4 is 12.1 Å². The molecule has 0 heterocycles. The van der Waals surface area contributed by atoms with Crippen LogP contribution in [0, 0.1) is 5.92 Å². The van der Waals surface area contributed by atoms with Gasteiger partial charge in [0.2, 0.25) is 0 Å². The van der Waals surface area contributed by atoms with E-state index in [0.717, 1.165) is 18.8 Å². The van der Waals surface area contributed by atoms with E-state index in [1.54, 1.807) is 6.08 Å². The zero-order valence-corrected chi connectivity index (χ0v) is 13.5. The van der Waals surface area contributed by atoms with Gasteiger partial charge < -0.3 is 14.8 Å². The van der Waals surface area contributed by atoms with Crippen LogP contribution in [0.5, 0.6) is 0 Å². The normalized spacial score (nSPS) is 17.1. The minimum atomic E-state index is -0.533. The van der Waals surface area contributed by atoms with Crippen LogP contribution in [0.25, 0.3) is 0 Å². The first kappa shape index (κ1) is 17.5. The van der Waals surface area contributed by atoms with Crippen molar-refractivity contribution in [3.05, 3.63) is 12.2 Å². The zero-order chi connectivity index (χ0) is 15.9. The summed E-state index contributed by atoms with van der Waals surface area (Å²) in [7, 11) is 1.33. The molecule has 5 nitrogen and oxygen atoms in total. The van der Waals surface area contributed by atoms with Gasteiger partial charge in [0.25, 0.3) is 0 Å². The quantitative estimate of drug-likeness (QED) is 0.604. The first-order chi connectivity index (χ1) is 9.80. The van der Waals surface area contributed by atoms with E-state index in [0.29, 0.717) is 0 Å². The Morgan fingerprint density at radius 2 is 2.00 bits per heavy atom. The number of methoxy groups -OCH3 is 1. The monoisotopic (exact) mass is 297 g/mol. The van der Waals surface area contributed by atoms with E-state index in [9.17, 15) is 9.59 Å². The Hall–Kier alpha value is -1.52. The molecule has 0 aromatic rings. The number of rotatable bonds is 6. The molecule has 1 amide bonds. The van der Waals surface area contributed by atoms with Gasteiger partial charge in [-0.05, 0) is 39.5 Å². The van der Waals surface area contributed by atoms with Crippen LogP contribution in [-0.4, -0.2) is 30.8 Å². The van der Waals surface area contributed by atoms with Crippen molar-refractivity contribution in [2.45, 2.75) is 64.5 Å². The molecule has 1 N–H and O–H groups in total.